The highest BCUT2D eigenvalue weighted by atomic mass is 32.2. The van der Waals surface area contributed by atoms with E-state index in [9.17, 15) is 9.59 Å². The molecule has 2 N–H and O–H groups in total. The quantitative estimate of drug-likeness (QED) is 0.201. The van der Waals surface area contributed by atoms with Gasteiger partial charge in [-0.15, -0.1) is 0 Å². The molecule has 0 aliphatic carbocycles. The van der Waals surface area contributed by atoms with Crippen LogP contribution in [0.25, 0.3) is 11.3 Å². The number of ether oxygens (including phenoxy) is 3. The van der Waals surface area contributed by atoms with Gasteiger partial charge in [-0.05, 0) is 86.6 Å². The summed E-state index contributed by atoms with van der Waals surface area (Å²) < 4.78 is 18.0. The van der Waals surface area contributed by atoms with Crippen molar-refractivity contribution in [3.8, 4) is 28.5 Å². The fourth-order valence-corrected chi connectivity index (χ4v) is 4.67. The van der Waals surface area contributed by atoms with Crippen LogP contribution in [0.1, 0.15) is 13.8 Å². The summed E-state index contributed by atoms with van der Waals surface area (Å²) >= 11 is 1.26. The first kappa shape index (κ1) is 28.6. The van der Waals surface area contributed by atoms with Gasteiger partial charge in [-0.25, -0.2) is 4.98 Å². The van der Waals surface area contributed by atoms with E-state index in [0.717, 1.165) is 28.5 Å². The van der Waals surface area contributed by atoms with Crippen LogP contribution in [0.2, 0.25) is 0 Å². The van der Waals surface area contributed by atoms with Crippen LogP contribution in [0.15, 0.2) is 84.1 Å². The van der Waals surface area contributed by atoms with Crippen LogP contribution in [-0.4, -0.2) is 47.4 Å². The molecule has 2 amide bonds. The first-order chi connectivity index (χ1) is 19.5. The van der Waals surface area contributed by atoms with Gasteiger partial charge in [0.05, 0.1) is 38.0 Å². The molecule has 4 aromatic rings. The van der Waals surface area contributed by atoms with Gasteiger partial charge in [0.15, 0.2) is 5.16 Å². The molecule has 208 valence electrons. The predicted molar refractivity (Wildman–Crippen MR) is 157 cm³/mol. The number of nitrogens with zero attached hydrogens (tertiary/aromatic N) is 2. The summed E-state index contributed by atoms with van der Waals surface area (Å²) in [7, 11) is 1.61. The van der Waals surface area contributed by atoms with Crippen molar-refractivity contribution >= 4 is 35.0 Å². The molecular weight excluding hydrogens is 528 g/mol. The van der Waals surface area contributed by atoms with Gasteiger partial charge in [0.2, 0.25) is 11.8 Å². The van der Waals surface area contributed by atoms with Crippen LogP contribution >= 0.6 is 11.8 Å². The maximum Gasteiger partial charge on any atom is 0.244 e. The predicted octanol–water partition coefficient (Wildman–Crippen LogP) is 5.73. The zero-order valence-electron chi connectivity index (χ0n) is 22.7. The molecule has 0 radical (unpaired) electrons. The van der Waals surface area contributed by atoms with Gasteiger partial charge in [0.25, 0.3) is 0 Å². The van der Waals surface area contributed by atoms with Crippen LogP contribution in [0, 0.1) is 0 Å². The third-order valence-corrected chi connectivity index (χ3v) is 6.73. The van der Waals surface area contributed by atoms with E-state index in [4.69, 9.17) is 14.2 Å². The van der Waals surface area contributed by atoms with Crippen molar-refractivity contribution in [1.82, 2.24) is 9.55 Å². The van der Waals surface area contributed by atoms with Crippen LogP contribution in [0.3, 0.4) is 0 Å². The van der Waals surface area contributed by atoms with Crippen molar-refractivity contribution in [2.45, 2.75) is 25.5 Å². The Hall–Kier alpha value is -4.44. The minimum Gasteiger partial charge on any atom is -0.497 e. The van der Waals surface area contributed by atoms with Gasteiger partial charge in [-0.2, -0.15) is 0 Å². The maximum atomic E-state index is 13.1. The first-order valence-corrected chi connectivity index (χ1v) is 13.9. The van der Waals surface area contributed by atoms with E-state index >= 15 is 0 Å². The molecule has 0 bridgehead atoms. The van der Waals surface area contributed by atoms with Crippen molar-refractivity contribution in [3.05, 3.63) is 79.0 Å². The Bertz CT molecular complexity index is 1400. The van der Waals surface area contributed by atoms with Gasteiger partial charge in [0, 0.05) is 16.9 Å². The fraction of sp³-hybridized carbons (Fsp3) is 0.233. The van der Waals surface area contributed by atoms with Crippen molar-refractivity contribution < 1.29 is 23.8 Å². The number of rotatable bonds is 13. The summed E-state index contributed by atoms with van der Waals surface area (Å²) in [5, 5.41) is 6.36. The molecule has 4 rings (SSSR count). The second-order valence-corrected chi connectivity index (χ2v) is 9.48. The van der Waals surface area contributed by atoms with Crippen LogP contribution in [0.4, 0.5) is 11.4 Å². The molecular formula is C30H32N4O5S. The van der Waals surface area contributed by atoms with E-state index in [2.05, 4.69) is 15.6 Å². The lowest BCUT2D eigenvalue weighted by Crippen LogP contribution is -2.20. The Labute approximate surface area is 237 Å². The zero-order chi connectivity index (χ0) is 28.3. The van der Waals surface area contributed by atoms with Crippen molar-refractivity contribution in [2.24, 2.45) is 0 Å². The molecule has 0 aliphatic rings. The highest BCUT2D eigenvalue weighted by molar-refractivity contribution is 7.99. The topological polar surface area (TPSA) is 104 Å². The lowest BCUT2D eigenvalue weighted by molar-refractivity contribution is -0.117. The molecule has 9 nitrogen and oxygen atoms in total. The number of carbonyl (C=O) groups is 2. The van der Waals surface area contributed by atoms with Gasteiger partial charge in [0.1, 0.15) is 23.8 Å². The van der Waals surface area contributed by atoms with Crippen LogP contribution in [-0.2, 0) is 16.1 Å². The molecule has 10 heteroatoms. The second kappa shape index (κ2) is 14.1. The van der Waals surface area contributed by atoms with Gasteiger partial charge >= 0.3 is 0 Å². The minimum absolute atomic E-state index is 0.0113. The Morgan fingerprint density at radius 1 is 0.775 bits per heavy atom. The SMILES string of the molecule is CCOc1ccc(NC(=O)CSc2ncc(-c3ccc(OC)cc3)n2CC(=O)Nc2ccc(OCC)cc2)cc1. The number of anilines is 2. The molecule has 0 fully saturated rings. The molecule has 1 heterocycles. The lowest BCUT2D eigenvalue weighted by atomic mass is 10.1. The van der Waals surface area contributed by atoms with Crippen molar-refractivity contribution in [2.75, 3.05) is 36.7 Å². The van der Waals surface area contributed by atoms with Crippen molar-refractivity contribution in [3.63, 3.8) is 0 Å². The summed E-state index contributed by atoms with van der Waals surface area (Å²) in [5.74, 6) is 1.91. The minimum atomic E-state index is -0.224. The highest BCUT2D eigenvalue weighted by Crippen LogP contribution is 2.28. The number of thioether (sulfide) groups is 1. The molecule has 40 heavy (non-hydrogen) atoms. The van der Waals surface area contributed by atoms with Crippen LogP contribution in [0.5, 0.6) is 17.2 Å². The van der Waals surface area contributed by atoms with E-state index in [-0.39, 0.29) is 24.1 Å². The second-order valence-electron chi connectivity index (χ2n) is 8.54. The third-order valence-electron chi connectivity index (χ3n) is 5.74. The summed E-state index contributed by atoms with van der Waals surface area (Å²) in [5.41, 5.74) is 2.95. The number of nitrogens with one attached hydrogen (secondary N) is 2. The fourth-order valence-electron chi connectivity index (χ4n) is 3.89. The average Bonchev–Trinajstić information content (AvgIpc) is 3.36. The number of hydrogen-bond donors (Lipinski definition) is 2. The number of methoxy groups -OCH3 is 1. The average molecular weight is 561 g/mol. The summed E-state index contributed by atoms with van der Waals surface area (Å²) in [6.07, 6.45) is 1.71. The normalized spacial score (nSPS) is 10.6. The zero-order valence-corrected chi connectivity index (χ0v) is 23.5. The van der Waals surface area contributed by atoms with E-state index in [0.29, 0.717) is 29.7 Å². The maximum absolute atomic E-state index is 13.1. The molecule has 0 unspecified atom stereocenters. The smallest absolute Gasteiger partial charge is 0.244 e. The summed E-state index contributed by atoms with van der Waals surface area (Å²) in [4.78, 5) is 30.3. The number of amides is 2. The number of hydrogen-bond acceptors (Lipinski definition) is 7. The molecule has 0 aliphatic heterocycles. The highest BCUT2D eigenvalue weighted by Gasteiger charge is 2.17. The Morgan fingerprint density at radius 3 is 1.82 bits per heavy atom. The molecule has 1 aromatic heterocycles. The number of aromatic nitrogens is 2. The molecule has 0 spiro atoms. The Balaban J connectivity index is 1.47. The Kier molecular flexibility index (Phi) is 10.1. The van der Waals surface area contributed by atoms with Gasteiger partial charge in [-0.3, -0.25) is 9.59 Å². The van der Waals surface area contributed by atoms with Gasteiger partial charge in [-0.1, -0.05) is 11.8 Å². The van der Waals surface area contributed by atoms with E-state index in [1.54, 1.807) is 42.1 Å². The third kappa shape index (κ3) is 7.79. The molecule has 0 saturated heterocycles. The van der Waals surface area contributed by atoms with E-state index in [1.165, 1.54) is 11.8 Å². The monoisotopic (exact) mass is 560 g/mol. The Morgan fingerprint density at radius 2 is 1.30 bits per heavy atom. The van der Waals surface area contributed by atoms with Crippen molar-refractivity contribution in [1.29, 1.82) is 0 Å². The largest absolute Gasteiger partial charge is 0.497 e. The molecule has 0 saturated carbocycles. The molecule has 3 aromatic carbocycles. The van der Waals surface area contributed by atoms with Gasteiger partial charge < -0.3 is 29.4 Å². The number of carbonyl (C=O) groups excluding carboxylic acids is 2. The summed E-state index contributed by atoms with van der Waals surface area (Å²) in [6, 6.07) is 21.9. The molecule has 0 atom stereocenters. The standard InChI is InChI=1S/C30H32N4O5S/c1-4-38-25-14-8-22(9-15-25)32-28(35)19-34-27(21-6-12-24(37-3)13-7-21)18-31-30(34)40-20-29(36)33-23-10-16-26(17-11-23)39-5-2/h6-18H,4-5,19-20H2,1-3H3,(H,32,35)(H,33,36). The lowest BCUT2D eigenvalue weighted by Gasteiger charge is -2.13. The first-order valence-electron chi connectivity index (χ1n) is 12.9. The summed E-state index contributed by atoms with van der Waals surface area (Å²) in [6.45, 7) is 4.99. The van der Waals surface area contributed by atoms with E-state index in [1.807, 2.05) is 62.4 Å². The number of benzene rings is 3. The van der Waals surface area contributed by atoms with Crippen LogP contribution < -0.4 is 24.8 Å². The number of imidazole rings is 1. The van der Waals surface area contributed by atoms with E-state index < -0.39 is 0 Å².